The summed E-state index contributed by atoms with van der Waals surface area (Å²) in [4.78, 5) is 49.6. The van der Waals surface area contributed by atoms with Crippen LogP contribution < -0.4 is 10.6 Å². The van der Waals surface area contributed by atoms with Crippen LogP contribution in [0.3, 0.4) is 0 Å². The zero-order valence-corrected chi connectivity index (χ0v) is 25.2. The van der Waals surface area contributed by atoms with E-state index in [4.69, 9.17) is 16.7 Å². The molecule has 1 fully saturated rings. The highest BCUT2D eigenvalue weighted by Crippen LogP contribution is 2.39. The maximum atomic E-state index is 15.5. The van der Waals surface area contributed by atoms with Crippen LogP contribution in [0.5, 0.6) is 0 Å². The van der Waals surface area contributed by atoms with E-state index in [1.165, 1.54) is 0 Å². The van der Waals surface area contributed by atoms with Crippen molar-refractivity contribution >= 4 is 41.0 Å². The smallest absolute Gasteiger partial charge is 0.409 e. The van der Waals surface area contributed by atoms with Crippen molar-refractivity contribution in [3.05, 3.63) is 64.4 Å². The fraction of sp³-hybridized carbons (Fsp3) is 0.419. The van der Waals surface area contributed by atoms with Crippen molar-refractivity contribution in [3.8, 4) is 11.3 Å². The number of carbonyl (C=O) groups excluding carboxylic acids is 2. The molecule has 3 aliphatic rings. The number of aromatic amines is 1. The van der Waals surface area contributed by atoms with Crippen molar-refractivity contribution in [2.24, 2.45) is 5.92 Å². The molecule has 3 heterocycles. The third kappa shape index (κ3) is 6.31. The molecule has 2 aliphatic heterocycles. The first kappa shape index (κ1) is 30.3. The fourth-order valence-electron chi connectivity index (χ4n) is 6.13. The summed E-state index contributed by atoms with van der Waals surface area (Å²) in [5.41, 5.74) is 3.38. The Kier molecular flexibility index (Phi) is 8.91. The Morgan fingerprint density at radius 2 is 2.00 bits per heavy atom. The van der Waals surface area contributed by atoms with Crippen LogP contribution in [0.25, 0.3) is 11.3 Å². The number of fused-ring (bicyclic) bond motifs is 4. The highest BCUT2D eigenvalue weighted by Gasteiger charge is 2.39. The van der Waals surface area contributed by atoms with E-state index >= 15 is 4.39 Å². The number of nitrogens with one attached hydrogen (secondary N) is 3. The number of imidazole rings is 1. The normalized spacial score (nSPS) is 23.6. The van der Waals surface area contributed by atoms with Gasteiger partial charge in [0, 0.05) is 36.3 Å². The first-order valence-corrected chi connectivity index (χ1v) is 14.9. The van der Waals surface area contributed by atoms with E-state index in [-0.39, 0.29) is 22.9 Å². The second-order valence-corrected chi connectivity index (χ2v) is 11.8. The van der Waals surface area contributed by atoms with Crippen molar-refractivity contribution in [3.63, 3.8) is 0 Å². The van der Waals surface area contributed by atoms with Crippen molar-refractivity contribution in [2.75, 3.05) is 24.2 Å². The molecule has 1 aromatic heterocycles. The monoisotopic (exact) mass is 610 g/mol. The lowest BCUT2D eigenvalue weighted by Gasteiger charge is -2.43. The molecule has 228 valence electrons. The number of H-pyrrole nitrogens is 1. The number of benzene rings is 1. The van der Waals surface area contributed by atoms with Crippen LogP contribution in [-0.2, 0) is 4.79 Å². The van der Waals surface area contributed by atoms with E-state index in [0.717, 1.165) is 12.0 Å². The van der Waals surface area contributed by atoms with Gasteiger partial charge in [-0.3, -0.25) is 10.1 Å². The lowest BCUT2D eigenvalue weighted by molar-refractivity contribution is -0.119. The van der Waals surface area contributed by atoms with Crippen LogP contribution in [0.15, 0.2) is 58.6 Å². The van der Waals surface area contributed by atoms with Gasteiger partial charge in [-0.2, -0.15) is 0 Å². The number of anilines is 2. The first-order valence-electron chi connectivity index (χ1n) is 14.5. The predicted molar refractivity (Wildman–Crippen MR) is 163 cm³/mol. The molecule has 0 radical (unpaired) electrons. The van der Waals surface area contributed by atoms with Gasteiger partial charge < -0.3 is 25.2 Å². The fourth-order valence-corrected chi connectivity index (χ4v) is 6.32. The van der Waals surface area contributed by atoms with Crippen LogP contribution >= 0.6 is 11.6 Å². The molecule has 43 heavy (non-hydrogen) atoms. The quantitative estimate of drug-likeness (QED) is 0.292. The molecule has 2 bridgehead atoms. The molecule has 1 aromatic carbocycles. The molecule has 3 unspecified atom stereocenters. The van der Waals surface area contributed by atoms with Crippen molar-refractivity contribution in [1.82, 2.24) is 19.8 Å². The second-order valence-electron chi connectivity index (χ2n) is 11.4. The number of halogens is 2. The number of likely N-dealkylation sites (N-methyl/N-ethyl adjacent to an activating group) is 1. The van der Waals surface area contributed by atoms with Gasteiger partial charge in [0.15, 0.2) is 0 Å². The Balaban J connectivity index is 1.47. The number of hydrogen-bond acceptors (Lipinski definition) is 4. The molecule has 12 heteroatoms. The third-order valence-electron chi connectivity index (χ3n) is 8.52. The van der Waals surface area contributed by atoms with Gasteiger partial charge >= 0.3 is 12.1 Å². The van der Waals surface area contributed by atoms with Gasteiger partial charge in [-0.05, 0) is 63.3 Å². The van der Waals surface area contributed by atoms with Crippen molar-refractivity contribution < 1.29 is 23.9 Å². The summed E-state index contributed by atoms with van der Waals surface area (Å²) < 4.78 is 15.5. The van der Waals surface area contributed by atoms with Crippen LogP contribution in [-0.4, -0.2) is 62.5 Å². The Morgan fingerprint density at radius 3 is 2.77 bits per heavy atom. The number of carboxylic acid groups (broad SMARTS) is 1. The van der Waals surface area contributed by atoms with E-state index in [1.54, 1.807) is 47.3 Å². The van der Waals surface area contributed by atoms with Crippen LogP contribution in [0.4, 0.5) is 25.4 Å². The van der Waals surface area contributed by atoms with E-state index in [9.17, 15) is 14.4 Å². The SMILES string of the molecule is CC1=C(C2CCN(C3CCCC(C)C(=O)Nc4cc(NC(=O)O)ccc4-c4cnc3[nH]4)C(=O)N2C)C(F)=C(Cl)C=CCC1. The van der Waals surface area contributed by atoms with Gasteiger partial charge in [0.1, 0.15) is 11.7 Å². The van der Waals surface area contributed by atoms with Gasteiger partial charge in [-0.15, -0.1) is 0 Å². The molecule has 2 aromatic rings. The van der Waals surface area contributed by atoms with Crippen LogP contribution in [0.2, 0.25) is 0 Å². The minimum Gasteiger partial charge on any atom is -0.465 e. The number of rotatable bonds is 3. The van der Waals surface area contributed by atoms with Gasteiger partial charge in [-0.1, -0.05) is 36.6 Å². The topological polar surface area (TPSA) is 131 Å². The lowest BCUT2D eigenvalue weighted by Crippen LogP contribution is -2.54. The highest BCUT2D eigenvalue weighted by molar-refractivity contribution is 6.31. The standard InChI is InChI=1S/C31H36ClFN6O4/c1-17-7-4-5-9-21(32)27(33)26(17)24-13-14-39(31(43)38(24)3)25-10-6-8-18(2)29(40)37-22-15-19(35-30(41)42)11-12-20(22)23-16-34-28(25)36-23/h5,9,11-12,15-16,18,24-25,35H,4,6-8,10,13-14H2,1-3H3,(H,34,36)(H,37,40)(H,41,42). The van der Waals surface area contributed by atoms with Crippen LogP contribution in [0, 0.1) is 5.92 Å². The Labute approximate surface area is 254 Å². The summed E-state index contributed by atoms with van der Waals surface area (Å²) in [6, 6.07) is 3.81. The maximum absolute atomic E-state index is 15.5. The Bertz CT molecular complexity index is 1530. The Hall–Kier alpha value is -4.12. The lowest BCUT2D eigenvalue weighted by atomic mass is 9.90. The minimum atomic E-state index is -1.21. The Morgan fingerprint density at radius 1 is 1.21 bits per heavy atom. The highest BCUT2D eigenvalue weighted by atomic mass is 35.5. The molecule has 10 nitrogen and oxygen atoms in total. The summed E-state index contributed by atoms with van der Waals surface area (Å²) >= 11 is 6.26. The number of carbonyl (C=O) groups is 3. The van der Waals surface area contributed by atoms with Crippen molar-refractivity contribution in [1.29, 1.82) is 0 Å². The molecule has 5 rings (SSSR count). The van der Waals surface area contributed by atoms with Gasteiger partial charge in [-0.25, -0.2) is 19.0 Å². The summed E-state index contributed by atoms with van der Waals surface area (Å²) in [7, 11) is 1.70. The van der Waals surface area contributed by atoms with E-state index < -0.39 is 24.0 Å². The summed E-state index contributed by atoms with van der Waals surface area (Å²) in [6.45, 7) is 4.13. The van der Waals surface area contributed by atoms with Crippen molar-refractivity contribution in [2.45, 2.75) is 64.5 Å². The average molecular weight is 611 g/mol. The number of allylic oxidation sites excluding steroid dienone is 4. The maximum Gasteiger partial charge on any atom is 0.409 e. The molecule has 0 spiro atoms. The average Bonchev–Trinajstić information content (AvgIpc) is 3.44. The number of hydrogen-bond donors (Lipinski definition) is 4. The van der Waals surface area contributed by atoms with Gasteiger partial charge in [0.2, 0.25) is 5.91 Å². The summed E-state index contributed by atoms with van der Waals surface area (Å²) in [6.07, 6.45) is 7.64. The number of nitrogens with zero attached hydrogens (tertiary/aromatic N) is 3. The zero-order valence-electron chi connectivity index (χ0n) is 24.4. The number of amides is 4. The molecule has 0 saturated carbocycles. The molecule has 1 saturated heterocycles. The van der Waals surface area contributed by atoms with E-state index in [1.807, 2.05) is 19.9 Å². The van der Waals surface area contributed by atoms with E-state index in [2.05, 4.69) is 20.6 Å². The molecule has 4 N–H and O–H groups in total. The second kappa shape index (κ2) is 12.6. The van der Waals surface area contributed by atoms with Gasteiger partial charge in [0.05, 0.1) is 34.7 Å². The number of aromatic nitrogens is 2. The van der Waals surface area contributed by atoms with Crippen LogP contribution in [0.1, 0.15) is 64.2 Å². The summed E-state index contributed by atoms with van der Waals surface area (Å²) in [5, 5.41) is 14.5. The molecule has 1 aliphatic carbocycles. The largest absolute Gasteiger partial charge is 0.465 e. The molecule has 3 atom stereocenters. The minimum absolute atomic E-state index is 0.0454. The van der Waals surface area contributed by atoms with Gasteiger partial charge in [0.25, 0.3) is 0 Å². The predicted octanol–water partition coefficient (Wildman–Crippen LogP) is 7.18. The molecular formula is C31H36ClFN6O4. The zero-order chi connectivity index (χ0) is 30.8. The number of urea groups is 1. The third-order valence-corrected chi connectivity index (χ3v) is 8.81. The summed E-state index contributed by atoms with van der Waals surface area (Å²) in [5.74, 6) is -0.386. The first-order chi connectivity index (χ1) is 20.5. The molecule has 4 amide bonds. The van der Waals surface area contributed by atoms with E-state index in [0.29, 0.717) is 72.7 Å². The molecular weight excluding hydrogens is 575 g/mol.